The first-order valence-electron chi connectivity index (χ1n) is 10.5. The van der Waals surface area contributed by atoms with Crippen molar-refractivity contribution in [1.82, 2.24) is 0 Å². The third-order valence-electron chi connectivity index (χ3n) is 5.54. The van der Waals surface area contributed by atoms with Crippen LogP contribution in [0.1, 0.15) is 41.1 Å². The lowest BCUT2D eigenvalue weighted by Gasteiger charge is -2.25. The number of para-hydroxylation sites is 1. The monoisotopic (exact) mass is 489 g/mol. The summed E-state index contributed by atoms with van der Waals surface area (Å²) in [5, 5.41) is 0.439. The number of benzene rings is 3. The van der Waals surface area contributed by atoms with Crippen LogP contribution in [-0.2, 0) is 0 Å². The summed E-state index contributed by atoms with van der Waals surface area (Å²) >= 11 is 3.42. The zero-order chi connectivity index (χ0) is 22.2. The van der Waals surface area contributed by atoms with Crippen LogP contribution in [0, 0.1) is 0 Å². The summed E-state index contributed by atoms with van der Waals surface area (Å²) in [5.41, 5.74) is 2.05. The Morgan fingerprint density at radius 3 is 2.47 bits per heavy atom. The summed E-state index contributed by atoms with van der Waals surface area (Å²) in [7, 11) is 0. The zero-order valence-electron chi connectivity index (χ0n) is 17.4. The van der Waals surface area contributed by atoms with Gasteiger partial charge in [0.1, 0.15) is 11.3 Å². The first-order chi connectivity index (χ1) is 15.6. The summed E-state index contributed by atoms with van der Waals surface area (Å²) in [6.45, 7) is 2.68. The van der Waals surface area contributed by atoms with Gasteiger partial charge in [-0.3, -0.25) is 14.5 Å². The topological polar surface area (TPSA) is 59.8 Å². The van der Waals surface area contributed by atoms with Crippen molar-refractivity contribution in [2.45, 2.75) is 19.4 Å². The number of hydrogen-bond acceptors (Lipinski definition) is 4. The van der Waals surface area contributed by atoms with Gasteiger partial charge in [-0.25, -0.2) is 0 Å². The van der Waals surface area contributed by atoms with E-state index in [1.54, 1.807) is 23.1 Å². The molecule has 1 atom stereocenters. The molecular weight excluding hydrogens is 470 g/mol. The highest BCUT2D eigenvalue weighted by Crippen LogP contribution is 2.41. The third-order valence-corrected chi connectivity index (χ3v) is 6.03. The van der Waals surface area contributed by atoms with E-state index in [4.69, 9.17) is 9.15 Å². The van der Waals surface area contributed by atoms with Crippen LogP contribution in [0.4, 0.5) is 5.69 Å². The molecule has 0 fully saturated rings. The molecule has 0 saturated carbocycles. The molecule has 6 heteroatoms. The second-order valence-corrected chi connectivity index (χ2v) is 8.56. The SMILES string of the molecule is CCCOc1ccc(C2c3c(oc4ccc(Br)cc4c3=O)C(=O)N2c2ccccc2)cc1. The van der Waals surface area contributed by atoms with Crippen molar-refractivity contribution in [1.29, 1.82) is 0 Å². The van der Waals surface area contributed by atoms with Gasteiger partial charge in [0, 0.05) is 10.2 Å². The lowest BCUT2D eigenvalue weighted by atomic mass is 9.98. The van der Waals surface area contributed by atoms with E-state index in [1.807, 2.05) is 54.6 Å². The number of carbonyl (C=O) groups is 1. The minimum atomic E-state index is -0.597. The van der Waals surface area contributed by atoms with Crippen LogP contribution in [0.2, 0.25) is 0 Å². The number of nitrogens with zero attached hydrogens (tertiary/aromatic N) is 1. The highest BCUT2D eigenvalue weighted by molar-refractivity contribution is 9.10. The number of halogens is 1. The van der Waals surface area contributed by atoms with Crippen molar-refractivity contribution in [3.05, 3.63) is 104 Å². The van der Waals surface area contributed by atoms with Gasteiger partial charge in [-0.05, 0) is 54.4 Å². The van der Waals surface area contributed by atoms with Crippen LogP contribution < -0.4 is 15.1 Å². The number of ether oxygens (including phenoxy) is 1. The Hall–Kier alpha value is -3.38. The Labute approximate surface area is 193 Å². The van der Waals surface area contributed by atoms with E-state index in [0.717, 1.165) is 22.2 Å². The Bertz CT molecular complexity index is 1360. The Kier molecular flexibility index (Phi) is 5.31. The molecule has 1 aliphatic rings. The lowest BCUT2D eigenvalue weighted by molar-refractivity contribution is 0.0971. The molecule has 3 aromatic carbocycles. The van der Waals surface area contributed by atoms with Gasteiger partial charge >= 0.3 is 0 Å². The molecule has 0 bridgehead atoms. The predicted octanol–water partition coefficient (Wildman–Crippen LogP) is 6.09. The molecule has 0 radical (unpaired) electrons. The number of anilines is 1. The summed E-state index contributed by atoms with van der Waals surface area (Å²) in [4.78, 5) is 28.7. The van der Waals surface area contributed by atoms with E-state index in [0.29, 0.717) is 28.8 Å². The summed E-state index contributed by atoms with van der Waals surface area (Å²) < 4.78 is 12.5. The second kappa shape index (κ2) is 8.28. The fourth-order valence-corrected chi connectivity index (χ4v) is 4.44. The maximum atomic E-state index is 13.6. The van der Waals surface area contributed by atoms with Crippen LogP contribution in [-0.4, -0.2) is 12.5 Å². The molecular formula is C26H20BrNO4. The van der Waals surface area contributed by atoms with Crippen molar-refractivity contribution in [2.24, 2.45) is 0 Å². The maximum Gasteiger partial charge on any atom is 0.295 e. The van der Waals surface area contributed by atoms with Gasteiger partial charge in [0.25, 0.3) is 5.91 Å². The highest BCUT2D eigenvalue weighted by Gasteiger charge is 2.43. The largest absolute Gasteiger partial charge is 0.494 e. The molecule has 1 amide bonds. The lowest BCUT2D eigenvalue weighted by Crippen LogP contribution is -2.29. The Morgan fingerprint density at radius 1 is 1.00 bits per heavy atom. The van der Waals surface area contributed by atoms with E-state index >= 15 is 0 Å². The predicted molar refractivity (Wildman–Crippen MR) is 128 cm³/mol. The molecule has 1 aliphatic heterocycles. The van der Waals surface area contributed by atoms with E-state index < -0.39 is 6.04 Å². The molecule has 1 unspecified atom stereocenters. The van der Waals surface area contributed by atoms with E-state index in [-0.39, 0.29) is 17.1 Å². The molecule has 32 heavy (non-hydrogen) atoms. The molecule has 4 aromatic rings. The minimum Gasteiger partial charge on any atom is -0.494 e. The quantitative estimate of drug-likeness (QED) is 0.340. The van der Waals surface area contributed by atoms with Crippen molar-refractivity contribution in [2.75, 3.05) is 11.5 Å². The smallest absolute Gasteiger partial charge is 0.295 e. The molecule has 0 N–H and O–H groups in total. The Morgan fingerprint density at radius 2 is 1.75 bits per heavy atom. The molecule has 5 rings (SSSR count). The average molecular weight is 490 g/mol. The first-order valence-corrected chi connectivity index (χ1v) is 11.3. The molecule has 0 spiro atoms. The molecule has 1 aromatic heterocycles. The van der Waals surface area contributed by atoms with Crippen LogP contribution in [0.5, 0.6) is 5.75 Å². The summed E-state index contributed by atoms with van der Waals surface area (Å²) in [6, 6.07) is 21.5. The van der Waals surface area contributed by atoms with Gasteiger partial charge in [0.2, 0.25) is 5.76 Å². The standard InChI is InChI=1S/C26H20BrNO4/c1-2-14-31-19-11-8-16(9-12-19)23-22-24(29)20-15-17(27)10-13-21(20)32-25(22)26(30)28(23)18-6-4-3-5-7-18/h3-13,15,23H,2,14H2,1H3. The highest BCUT2D eigenvalue weighted by atomic mass is 79.9. The van der Waals surface area contributed by atoms with Crippen molar-refractivity contribution in [3.8, 4) is 5.75 Å². The van der Waals surface area contributed by atoms with E-state index in [1.165, 1.54) is 0 Å². The third kappa shape index (κ3) is 3.41. The van der Waals surface area contributed by atoms with Crippen LogP contribution >= 0.6 is 15.9 Å². The van der Waals surface area contributed by atoms with Gasteiger partial charge in [0.05, 0.1) is 23.6 Å². The van der Waals surface area contributed by atoms with Gasteiger partial charge < -0.3 is 9.15 Å². The van der Waals surface area contributed by atoms with Gasteiger partial charge in [-0.1, -0.05) is 53.2 Å². The number of hydrogen-bond donors (Lipinski definition) is 0. The molecule has 2 heterocycles. The van der Waals surface area contributed by atoms with E-state index in [2.05, 4.69) is 22.9 Å². The van der Waals surface area contributed by atoms with E-state index in [9.17, 15) is 9.59 Å². The second-order valence-electron chi connectivity index (χ2n) is 7.65. The maximum absolute atomic E-state index is 13.6. The normalized spacial score (nSPS) is 15.2. The number of rotatable bonds is 5. The van der Waals surface area contributed by atoms with Gasteiger partial charge in [0.15, 0.2) is 5.43 Å². The molecule has 0 saturated heterocycles. The minimum absolute atomic E-state index is 0.0879. The molecule has 5 nitrogen and oxygen atoms in total. The van der Waals surface area contributed by atoms with Crippen molar-refractivity contribution < 1.29 is 13.9 Å². The van der Waals surface area contributed by atoms with Crippen LogP contribution in [0.15, 0.2) is 86.5 Å². The fourth-order valence-electron chi connectivity index (χ4n) is 4.08. The molecule has 160 valence electrons. The first kappa shape index (κ1) is 20.5. The Balaban J connectivity index is 1.72. The van der Waals surface area contributed by atoms with Crippen LogP contribution in [0.3, 0.4) is 0 Å². The zero-order valence-corrected chi connectivity index (χ0v) is 19.0. The van der Waals surface area contributed by atoms with Crippen molar-refractivity contribution >= 4 is 38.5 Å². The number of fused-ring (bicyclic) bond motifs is 2. The molecule has 0 aliphatic carbocycles. The van der Waals surface area contributed by atoms with Gasteiger partial charge in [-0.15, -0.1) is 0 Å². The average Bonchev–Trinajstić information content (AvgIpc) is 3.11. The fraction of sp³-hybridized carbons (Fsp3) is 0.154. The summed E-state index contributed by atoms with van der Waals surface area (Å²) in [5.74, 6) is 0.510. The number of carbonyl (C=O) groups excluding carboxylic acids is 1. The number of amides is 1. The van der Waals surface area contributed by atoms with Crippen molar-refractivity contribution in [3.63, 3.8) is 0 Å². The summed E-state index contributed by atoms with van der Waals surface area (Å²) in [6.07, 6.45) is 0.914. The van der Waals surface area contributed by atoms with Crippen LogP contribution in [0.25, 0.3) is 11.0 Å². The van der Waals surface area contributed by atoms with Gasteiger partial charge in [-0.2, -0.15) is 0 Å².